The number of carbonyl (C=O) groups excluding carboxylic acids is 2. The minimum atomic E-state index is -0.447. The van der Waals surface area contributed by atoms with E-state index in [1.165, 1.54) is 0 Å². The minimum absolute atomic E-state index is 0.156. The van der Waals surface area contributed by atoms with Gasteiger partial charge in [0, 0.05) is 16.3 Å². The number of benzene rings is 2. The maximum atomic E-state index is 12.2. The van der Waals surface area contributed by atoms with Gasteiger partial charge in [-0.2, -0.15) is 5.10 Å². The van der Waals surface area contributed by atoms with E-state index in [0.29, 0.717) is 26.7 Å². The van der Waals surface area contributed by atoms with Crippen molar-refractivity contribution < 1.29 is 14.0 Å². The van der Waals surface area contributed by atoms with Gasteiger partial charge >= 0.3 is 5.91 Å². The third-order valence-corrected chi connectivity index (χ3v) is 4.47. The van der Waals surface area contributed by atoms with Crippen LogP contribution in [0.5, 0.6) is 0 Å². The number of furan rings is 1. The first-order valence-corrected chi connectivity index (χ1v) is 9.37. The Hall–Kier alpha value is -2.90. The van der Waals surface area contributed by atoms with Gasteiger partial charge in [0.25, 0.3) is 5.91 Å². The lowest BCUT2D eigenvalue weighted by atomic mass is 10.1. The second-order valence-electron chi connectivity index (χ2n) is 5.78. The summed E-state index contributed by atoms with van der Waals surface area (Å²) < 4.78 is 5.63. The molecular formula is C20H15BrClN3O3. The number of anilines is 1. The molecule has 142 valence electrons. The molecule has 0 radical (unpaired) electrons. The van der Waals surface area contributed by atoms with E-state index in [1.54, 1.807) is 67.6 Å². The predicted molar refractivity (Wildman–Crippen MR) is 112 cm³/mol. The highest BCUT2D eigenvalue weighted by Crippen LogP contribution is 2.15. The molecule has 3 aromatic rings. The van der Waals surface area contributed by atoms with E-state index in [4.69, 9.17) is 16.0 Å². The second kappa shape index (κ2) is 8.86. The van der Waals surface area contributed by atoms with Crippen molar-refractivity contribution in [2.24, 2.45) is 5.10 Å². The molecule has 0 aliphatic rings. The van der Waals surface area contributed by atoms with E-state index in [0.717, 1.165) is 5.56 Å². The molecule has 0 atom stereocenters. The van der Waals surface area contributed by atoms with Gasteiger partial charge in [-0.3, -0.25) is 9.59 Å². The van der Waals surface area contributed by atoms with Crippen LogP contribution < -0.4 is 10.7 Å². The molecule has 0 aliphatic carbocycles. The lowest BCUT2D eigenvalue weighted by Crippen LogP contribution is -2.18. The fourth-order valence-electron chi connectivity index (χ4n) is 2.29. The van der Waals surface area contributed by atoms with Crippen LogP contribution in [0.3, 0.4) is 0 Å². The molecular weight excluding hydrogens is 446 g/mol. The van der Waals surface area contributed by atoms with Crippen LogP contribution in [0.4, 0.5) is 5.69 Å². The van der Waals surface area contributed by atoms with Gasteiger partial charge < -0.3 is 9.73 Å². The summed E-state index contributed by atoms with van der Waals surface area (Å²) >= 11 is 8.97. The summed E-state index contributed by atoms with van der Waals surface area (Å²) in [7, 11) is 0. The van der Waals surface area contributed by atoms with Crippen LogP contribution in [-0.4, -0.2) is 17.5 Å². The first-order chi connectivity index (χ1) is 13.4. The minimum Gasteiger partial charge on any atom is -0.444 e. The van der Waals surface area contributed by atoms with Crippen molar-refractivity contribution in [3.05, 3.63) is 87.2 Å². The lowest BCUT2D eigenvalue weighted by Gasteiger charge is -2.07. The molecule has 2 amide bonds. The van der Waals surface area contributed by atoms with Gasteiger partial charge in [0.05, 0.1) is 5.71 Å². The van der Waals surface area contributed by atoms with Gasteiger partial charge in [0.2, 0.25) is 0 Å². The number of nitrogens with zero attached hydrogens (tertiary/aromatic N) is 1. The Morgan fingerprint density at radius 2 is 1.57 bits per heavy atom. The quantitative estimate of drug-likeness (QED) is 0.410. The summed E-state index contributed by atoms with van der Waals surface area (Å²) in [5.41, 5.74) is 4.99. The number of hydrogen-bond donors (Lipinski definition) is 2. The predicted octanol–water partition coefficient (Wildman–Crippen LogP) is 5.10. The summed E-state index contributed by atoms with van der Waals surface area (Å²) in [5, 5.41) is 7.45. The molecule has 0 spiro atoms. The molecule has 0 unspecified atom stereocenters. The van der Waals surface area contributed by atoms with Gasteiger partial charge in [-0.25, -0.2) is 5.43 Å². The topological polar surface area (TPSA) is 83.7 Å². The molecule has 8 heteroatoms. The van der Waals surface area contributed by atoms with Crippen LogP contribution >= 0.6 is 27.5 Å². The normalized spacial score (nSPS) is 11.2. The van der Waals surface area contributed by atoms with E-state index in [-0.39, 0.29) is 11.7 Å². The van der Waals surface area contributed by atoms with Crippen molar-refractivity contribution in [1.29, 1.82) is 0 Å². The zero-order chi connectivity index (χ0) is 20.1. The molecule has 28 heavy (non-hydrogen) atoms. The van der Waals surface area contributed by atoms with Crippen molar-refractivity contribution in [1.82, 2.24) is 5.43 Å². The number of amides is 2. The van der Waals surface area contributed by atoms with Crippen LogP contribution in [0.15, 0.2) is 74.9 Å². The summed E-state index contributed by atoms with van der Waals surface area (Å²) in [6, 6.07) is 16.9. The lowest BCUT2D eigenvalue weighted by molar-refractivity contribution is 0.0925. The average molecular weight is 461 g/mol. The van der Waals surface area contributed by atoms with E-state index in [2.05, 4.69) is 31.8 Å². The Bertz CT molecular complexity index is 1030. The SMILES string of the molecule is C/C(=N\NC(=O)c1ccc(Br)o1)c1ccc(NC(=O)c2ccc(Cl)cc2)cc1. The fourth-order valence-corrected chi connectivity index (χ4v) is 2.72. The standard InChI is InChI=1S/C20H15BrClN3O3/c1-12(24-25-20(27)17-10-11-18(21)28-17)13-4-8-16(9-5-13)23-19(26)14-2-6-15(22)7-3-14/h2-11H,1H3,(H,23,26)(H,25,27)/b24-12+. The number of rotatable bonds is 5. The Morgan fingerprint density at radius 3 is 2.18 bits per heavy atom. The first kappa shape index (κ1) is 19.9. The van der Waals surface area contributed by atoms with Crippen LogP contribution in [-0.2, 0) is 0 Å². The number of carbonyl (C=O) groups is 2. The third-order valence-electron chi connectivity index (χ3n) is 3.79. The first-order valence-electron chi connectivity index (χ1n) is 8.20. The summed E-state index contributed by atoms with van der Waals surface area (Å²) in [6.07, 6.45) is 0. The van der Waals surface area contributed by atoms with E-state index in [1.807, 2.05) is 0 Å². The smallest absolute Gasteiger partial charge is 0.307 e. The van der Waals surface area contributed by atoms with E-state index < -0.39 is 5.91 Å². The molecule has 6 nitrogen and oxygen atoms in total. The van der Waals surface area contributed by atoms with Crippen LogP contribution in [0.1, 0.15) is 33.4 Å². The average Bonchev–Trinajstić information content (AvgIpc) is 3.13. The zero-order valence-electron chi connectivity index (χ0n) is 14.7. The molecule has 0 aliphatic heterocycles. The van der Waals surface area contributed by atoms with Gasteiger partial charge in [-0.15, -0.1) is 0 Å². The zero-order valence-corrected chi connectivity index (χ0v) is 17.0. The monoisotopic (exact) mass is 459 g/mol. The maximum Gasteiger partial charge on any atom is 0.307 e. The van der Waals surface area contributed by atoms with Crippen molar-refractivity contribution >= 4 is 50.7 Å². The highest BCUT2D eigenvalue weighted by Gasteiger charge is 2.10. The van der Waals surface area contributed by atoms with Crippen LogP contribution in [0.25, 0.3) is 0 Å². The Labute approximate surface area is 174 Å². The van der Waals surface area contributed by atoms with Gasteiger partial charge in [-0.1, -0.05) is 23.7 Å². The molecule has 1 aromatic heterocycles. The number of hydrazone groups is 1. The van der Waals surface area contributed by atoms with E-state index in [9.17, 15) is 9.59 Å². The van der Waals surface area contributed by atoms with Gasteiger partial charge in [0.1, 0.15) is 0 Å². The summed E-state index contributed by atoms with van der Waals surface area (Å²) in [4.78, 5) is 24.2. The van der Waals surface area contributed by atoms with Crippen molar-refractivity contribution in [3.63, 3.8) is 0 Å². The number of halogens is 2. The van der Waals surface area contributed by atoms with Gasteiger partial charge in [-0.05, 0) is 76.9 Å². The maximum absolute atomic E-state index is 12.2. The Kier molecular flexibility index (Phi) is 6.28. The highest BCUT2D eigenvalue weighted by atomic mass is 79.9. The van der Waals surface area contributed by atoms with Crippen LogP contribution in [0.2, 0.25) is 5.02 Å². The Morgan fingerprint density at radius 1 is 0.929 bits per heavy atom. The summed E-state index contributed by atoms with van der Waals surface area (Å²) in [5.74, 6) is -0.521. The van der Waals surface area contributed by atoms with Crippen molar-refractivity contribution in [2.45, 2.75) is 6.92 Å². The third kappa shape index (κ3) is 5.09. The Balaban J connectivity index is 1.62. The van der Waals surface area contributed by atoms with E-state index >= 15 is 0 Å². The number of nitrogens with one attached hydrogen (secondary N) is 2. The molecule has 2 aromatic carbocycles. The molecule has 2 N–H and O–H groups in total. The molecule has 3 rings (SSSR count). The molecule has 0 bridgehead atoms. The number of hydrogen-bond acceptors (Lipinski definition) is 4. The highest BCUT2D eigenvalue weighted by molar-refractivity contribution is 9.10. The molecule has 0 fully saturated rings. The molecule has 0 saturated carbocycles. The van der Waals surface area contributed by atoms with Crippen molar-refractivity contribution in [2.75, 3.05) is 5.32 Å². The summed E-state index contributed by atoms with van der Waals surface area (Å²) in [6.45, 7) is 1.76. The fraction of sp³-hybridized carbons (Fsp3) is 0.0500. The molecule has 0 saturated heterocycles. The molecule has 1 heterocycles. The van der Waals surface area contributed by atoms with Crippen LogP contribution in [0, 0.1) is 0 Å². The second-order valence-corrected chi connectivity index (χ2v) is 7.00. The van der Waals surface area contributed by atoms with Crippen molar-refractivity contribution in [3.8, 4) is 0 Å². The van der Waals surface area contributed by atoms with Gasteiger partial charge in [0.15, 0.2) is 10.4 Å². The largest absolute Gasteiger partial charge is 0.444 e.